The molecule has 6 heteroatoms. The van der Waals surface area contributed by atoms with E-state index in [2.05, 4.69) is 21.2 Å². The molecule has 3 rings (SSSR count). The van der Waals surface area contributed by atoms with E-state index in [0.717, 1.165) is 10.0 Å². The first-order valence-corrected chi connectivity index (χ1v) is 8.35. The van der Waals surface area contributed by atoms with Crippen LogP contribution in [0.1, 0.15) is 21.9 Å². The number of rotatable bonds is 5. The first-order chi connectivity index (χ1) is 12.0. The number of ether oxygens (including phenoxy) is 1. The summed E-state index contributed by atoms with van der Waals surface area (Å²) in [6, 6.07) is 14.5. The summed E-state index contributed by atoms with van der Waals surface area (Å²) in [5.41, 5.74) is 1.71. The second-order valence-corrected chi connectivity index (χ2v) is 6.28. The lowest BCUT2D eigenvalue weighted by Gasteiger charge is -2.06. The van der Waals surface area contributed by atoms with Gasteiger partial charge in [0.15, 0.2) is 5.76 Å². The van der Waals surface area contributed by atoms with Gasteiger partial charge in [-0.2, -0.15) is 0 Å². The van der Waals surface area contributed by atoms with Crippen LogP contribution in [-0.4, -0.2) is 5.91 Å². The normalized spacial score (nSPS) is 10.5. The van der Waals surface area contributed by atoms with Crippen LogP contribution in [-0.2, 0) is 6.61 Å². The third-order valence-corrected chi connectivity index (χ3v) is 4.39. The molecule has 25 heavy (non-hydrogen) atoms. The molecule has 0 fully saturated rings. The van der Waals surface area contributed by atoms with Crippen LogP contribution < -0.4 is 10.1 Å². The number of aryl methyl sites for hydroxylation is 1. The number of benzene rings is 2. The Labute approximate surface area is 152 Å². The Morgan fingerprint density at radius 1 is 1.16 bits per heavy atom. The molecule has 0 saturated carbocycles. The zero-order valence-electron chi connectivity index (χ0n) is 13.4. The molecule has 2 aromatic carbocycles. The van der Waals surface area contributed by atoms with E-state index in [0.29, 0.717) is 17.2 Å². The molecule has 0 radical (unpaired) electrons. The summed E-state index contributed by atoms with van der Waals surface area (Å²) in [7, 11) is 0. The van der Waals surface area contributed by atoms with Crippen molar-refractivity contribution < 1.29 is 18.3 Å². The third kappa shape index (κ3) is 4.48. The van der Waals surface area contributed by atoms with Gasteiger partial charge in [0.1, 0.15) is 23.9 Å². The van der Waals surface area contributed by atoms with Gasteiger partial charge in [0.25, 0.3) is 5.91 Å². The van der Waals surface area contributed by atoms with E-state index in [-0.39, 0.29) is 24.1 Å². The van der Waals surface area contributed by atoms with Crippen LogP contribution in [0.25, 0.3) is 0 Å². The predicted octanol–water partition coefficient (Wildman–Crippen LogP) is 5.32. The Kier molecular flexibility index (Phi) is 5.19. The maximum atomic E-state index is 12.8. The number of halogens is 2. The van der Waals surface area contributed by atoms with Crippen LogP contribution in [0.4, 0.5) is 10.1 Å². The lowest BCUT2D eigenvalue weighted by atomic mass is 10.2. The van der Waals surface area contributed by atoms with E-state index in [9.17, 15) is 9.18 Å². The van der Waals surface area contributed by atoms with Crippen LogP contribution >= 0.6 is 15.9 Å². The molecule has 1 amide bonds. The molecular formula is C19H15BrFNO3. The summed E-state index contributed by atoms with van der Waals surface area (Å²) in [6.45, 7) is 2.09. The Hall–Kier alpha value is -2.60. The van der Waals surface area contributed by atoms with Crippen molar-refractivity contribution in [3.05, 3.63) is 82.0 Å². The molecule has 0 aliphatic carbocycles. The Balaban J connectivity index is 1.61. The van der Waals surface area contributed by atoms with Gasteiger partial charge in [0, 0.05) is 10.2 Å². The van der Waals surface area contributed by atoms with Gasteiger partial charge in [-0.05, 0) is 67.1 Å². The fourth-order valence-electron chi connectivity index (χ4n) is 2.18. The maximum absolute atomic E-state index is 12.8. The van der Waals surface area contributed by atoms with Crippen molar-refractivity contribution in [2.24, 2.45) is 0 Å². The summed E-state index contributed by atoms with van der Waals surface area (Å²) < 4.78 is 24.8. The zero-order chi connectivity index (χ0) is 17.8. The Morgan fingerprint density at radius 2 is 1.92 bits per heavy atom. The Morgan fingerprint density at radius 3 is 2.64 bits per heavy atom. The summed E-state index contributed by atoms with van der Waals surface area (Å²) in [5, 5.41) is 2.78. The lowest BCUT2D eigenvalue weighted by molar-refractivity contribution is 0.0992. The molecule has 0 unspecified atom stereocenters. The number of carbonyl (C=O) groups excluding carboxylic acids is 1. The van der Waals surface area contributed by atoms with E-state index in [1.165, 1.54) is 24.3 Å². The molecule has 1 heterocycles. The number of hydrogen-bond donors (Lipinski definition) is 1. The number of furan rings is 1. The van der Waals surface area contributed by atoms with Crippen LogP contribution in [0.3, 0.4) is 0 Å². The summed E-state index contributed by atoms with van der Waals surface area (Å²) in [5.74, 6) is 0.552. The molecule has 0 saturated heterocycles. The minimum Gasteiger partial charge on any atom is -0.486 e. The number of nitrogens with one attached hydrogen (secondary N) is 1. The largest absolute Gasteiger partial charge is 0.486 e. The molecule has 0 bridgehead atoms. The van der Waals surface area contributed by atoms with E-state index < -0.39 is 0 Å². The second kappa shape index (κ2) is 7.53. The first-order valence-electron chi connectivity index (χ1n) is 7.56. The second-order valence-electron chi connectivity index (χ2n) is 5.43. The van der Waals surface area contributed by atoms with Gasteiger partial charge in [-0.3, -0.25) is 4.79 Å². The SMILES string of the molecule is Cc1cc(NC(=O)c2ccc(COc3ccc(F)cc3)o2)ccc1Br. The maximum Gasteiger partial charge on any atom is 0.291 e. The quantitative estimate of drug-likeness (QED) is 0.626. The molecule has 1 N–H and O–H groups in total. The van der Waals surface area contributed by atoms with Crippen LogP contribution in [0.15, 0.2) is 63.5 Å². The molecular weight excluding hydrogens is 389 g/mol. The molecule has 0 aliphatic rings. The summed E-state index contributed by atoms with van der Waals surface area (Å²) >= 11 is 3.42. The summed E-state index contributed by atoms with van der Waals surface area (Å²) in [4.78, 5) is 12.2. The molecule has 0 aliphatic heterocycles. The van der Waals surface area contributed by atoms with Crippen LogP contribution in [0.2, 0.25) is 0 Å². The highest BCUT2D eigenvalue weighted by molar-refractivity contribution is 9.10. The predicted molar refractivity (Wildman–Crippen MR) is 96.3 cm³/mol. The monoisotopic (exact) mass is 403 g/mol. The van der Waals surface area contributed by atoms with Gasteiger partial charge >= 0.3 is 0 Å². The third-order valence-electron chi connectivity index (χ3n) is 3.50. The minimum absolute atomic E-state index is 0.149. The molecule has 0 spiro atoms. The van der Waals surface area contributed by atoms with E-state index in [4.69, 9.17) is 9.15 Å². The van der Waals surface area contributed by atoms with Gasteiger partial charge in [-0.1, -0.05) is 15.9 Å². The van der Waals surface area contributed by atoms with Crippen LogP contribution in [0, 0.1) is 12.7 Å². The minimum atomic E-state index is -0.338. The van der Waals surface area contributed by atoms with Crippen molar-refractivity contribution in [3.8, 4) is 5.75 Å². The number of hydrogen-bond acceptors (Lipinski definition) is 3. The molecule has 4 nitrogen and oxygen atoms in total. The number of carbonyl (C=O) groups is 1. The zero-order valence-corrected chi connectivity index (χ0v) is 15.0. The van der Waals surface area contributed by atoms with Crippen LogP contribution in [0.5, 0.6) is 5.75 Å². The summed E-state index contributed by atoms with van der Waals surface area (Å²) in [6.07, 6.45) is 0. The van der Waals surface area contributed by atoms with Gasteiger partial charge in [-0.15, -0.1) is 0 Å². The molecule has 128 valence electrons. The average molecular weight is 404 g/mol. The van der Waals surface area contributed by atoms with Gasteiger partial charge < -0.3 is 14.5 Å². The van der Waals surface area contributed by atoms with E-state index >= 15 is 0 Å². The van der Waals surface area contributed by atoms with Crippen molar-refractivity contribution in [1.82, 2.24) is 0 Å². The average Bonchev–Trinajstić information content (AvgIpc) is 3.07. The van der Waals surface area contributed by atoms with E-state index in [1.807, 2.05) is 19.1 Å². The first kappa shape index (κ1) is 17.2. The van der Waals surface area contributed by atoms with Crippen molar-refractivity contribution in [3.63, 3.8) is 0 Å². The highest BCUT2D eigenvalue weighted by atomic mass is 79.9. The smallest absolute Gasteiger partial charge is 0.291 e. The van der Waals surface area contributed by atoms with Crippen molar-refractivity contribution in [2.45, 2.75) is 13.5 Å². The number of anilines is 1. The highest BCUT2D eigenvalue weighted by Gasteiger charge is 2.12. The standard InChI is InChI=1S/C19H15BrFNO3/c1-12-10-14(4-8-17(12)20)22-19(23)18-9-7-16(25-18)11-24-15-5-2-13(21)3-6-15/h2-10H,11H2,1H3,(H,22,23). The highest BCUT2D eigenvalue weighted by Crippen LogP contribution is 2.21. The van der Waals surface area contributed by atoms with Crippen molar-refractivity contribution in [1.29, 1.82) is 0 Å². The van der Waals surface area contributed by atoms with Gasteiger partial charge in [0.2, 0.25) is 0 Å². The number of amides is 1. The van der Waals surface area contributed by atoms with Crippen molar-refractivity contribution in [2.75, 3.05) is 5.32 Å². The Bertz CT molecular complexity index is 890. The molecule has 0 atom stereocenters. The van der Waals surface area contributed by atoms with E-state index in [1.54, 1.807) is 18.2 Å². The van der Waals surface area contributed by atoms with Gasteiger partial charge in [-0.25, -0.2) is 4.39 Å². The molecule has 1 aromatic heterocycles. The lowest BCUT2D eigenvalue weighted by Crippen LogP contribution is -2.11. The fourth-order valence-corrected chi connectivity index (χ4v) is 2.42. The van der Waals surface area contributed by atoms with Crippen molar-refractivity contribution >= 4 is 27.5 Å². The molecule has 3 aromatic rings. The topological polar surface area (TPSA) is 51.5 Å². The van der Waals surface area contributed by atoms with Gasteiger partial charge in [0.05, 0.1) is 0 Å². The fraction of sp³-hybridized carbons (Fsp3) is 0.105.